The molecule has 4 rings (SSSR count). The molecule has 14 heteroatoms. The lowest BCUT2D eigenvalue weighted by Gasteiger charge is -2.28. The van der Waals surface area contributed by atoms with Gasteiger partial charge in [-0.1, -0.05) is 23.2 Å². The number of anilines is 2. The third-order valence-corrected chi connectivity index (χ3v) is 8.18. The molecule has 3 aromatic rings. The molecule has 1 aromatic carbocycles. The largest absolute Gasteiger partial charge is 0.480 e. The Hall–Kier alpha value is -3.61. The van der Waals surface area contributed by atoms with Crippen molar-refractivity contribution in [3.05, 3.63) is 65.1 Å². The van der Waals surface area contributed by atoms with Crippen molar-refractivity contribution in [3.63, 3.8) is 0 Å². The van der Waals surface area contributed by atoms with Gasteiger partial charge in [0.05, 0.1) is 23.6 Å². The molecule has 2 heterocycles. The van der Waals surface area contributed by atoms with Crippen molar-refractivity contribution >= 4 is 67.5 Å². The van der Waals surface area contributed by atoms with Gasteiger partial charge >= 0.3 is 5.97 Å². The molecule has 0 aliphatic heterocycles. The molecule has 1 amide bonds. The van der Waals surface area contributed by atoms with Crippen molar-refractivity contribution in [2.24, 2.45) is 0 Å². The zero-order valence-electron chi connectivity index (χ0n) is 20.1. The number of aliphatic carboxylic acids is 1. The molecule has 1 unspecified atom stereocenters. The van der Waals surface area contributed by atoms with E-state index in [1.54, 1.807) is 41.4 Å². The van der Waals surface area contributed by atoms with E-state index in [1.807, 2.05) is 0 Å². The van der Waals surface area contributed by atoms with Gasteiger partial charge in [0.2, 0.25) is 15.9 Å². The average Bonchev–Trinajstić information content (AvgIpc) is 3.28. The van der Waals surface area contributed by atoms with E-state index in [0.29, 0.717) is 35.6 Å². The smallest absolute Gasteiger partial charge is 0.324 e. The topological polar surface area (TPSA) is 147 Å². The average molecular weight is 579 g/mol. The first-order valence-corrected chi connectivity index (χ1v) is 13.7. The van der Waals surface area contributed by atoms with Crippen molar-refractivity contribution < 1.29 is 23.1 Å². The van der Waals surface area contributed by atoms with Gasteiger partial charge in [-0.05, 0) is 36.4 Å². The molecule has 1 aliphatic rings. The van der Waals surface area contributed by atoms with Gasteiger partial charge in [-0.25, -0.2) is 18.4 Å². The van der Waals surface area contributed by atoms with Gasteiger partial charge in [-0.15, -0.1) is 0 Å². The molecule has 11 nitrogen and oxygen atoms in total. The molecule has 2 aromatic heterocycles. The third kappa shape index (κ3) is 6.26. The summed E-state index contributed by atoms with van der Waals surface area (Å²) >= 11 is 12.1. The third-order valence-electron chi connectivity index (χ3n) is 5.66. The minimum atomic E-state index is -4.16. The van der Waals surface area contributed by atoms with Crippen LogP contribution in [0.4, 0.5) is 11.5 Å². The first-order chi connectivity index (χ1) is 18.0. The summed E-state index contributed by atoms with van der Waals surface area (Å²) in [4.78, 5) is 31.3. The Labute approximate surface area is 228 Å². The van der Waals surface area contributed by atoms with E-state index in [-0.39, 0.29) is 28.1 Å². The molecule has 0 radical (unpaired) electrons. The predicted molar refractivity (Wildman–Crippen MR) is 146 cm³/mol. The highest BCUT2D eigenvalue weighted by molar-refractivity contribution is 7.93. The van der Waals surface area contributed by atoms with E-state index in [9.17, 15) is 23.1 Å². The molecule has 0 spiro atoms. The molecule has 0 fully saturated rings. The molecule has 0 saturated heterocycles. The van der Waals surface area contributed by atoms with Crippen LogP contribution in [0.2, 0.25) is 0 Å². The summed E-state index contributed by atoms with van der Waals surface area (Å²) < 4.78 is 29.5. The van der Waals surface area contributed by atoms with E-state index < -0.39 is 27.8 Å². The van der Waals surface area contributed by atoms with Crippen LogP contribution in [0, 0.1) is 0 Å². The van der Waals surface area contributed by atoms with E-state index in [2.05, 4.69) is 20.6 Å². The summed E-state index contributed by atoms with van der Waals surface area (Å²) in [6.07, 6.45) is 7.70. The highest BCUT2D eigenvalue weighted by Crippen LogP contribution is 2.32. The lowest BCUT2D eigenvalue weighted by atomic mass is 10.2. The van der Waals surface area contributed by atoms with Crippen LogP contribution >= 0.6 is 23.2 Å². The van der Waals surface area contributed by atoms with E-state index in [1.165, 1.54) is 25.1 Å². The van der Waals surface area contributed by atoms with Crippen molar-refractivity contribution in [1.29, 1.82) is 0 Å². The van der Waals surface area contributed by atoms with Gasteiger partial charge in [0, 0.05) is 48.1 Å². The van der Waals surface area contributed by atoms with Gasteiger partial charge in [0.15, 0.2) is 5.82 Å². The molecule has 3 N–H and O–H groups in total. The van der Waals surface area contributed by atoms with Gasteiger partial charge in [0.1, 0.15) is 17.6 Å². The number of sulfonamides is 1. The zero-order valence-corrected chi connectivity index (χ0v) is 22.5. The van der Waals surface area contributed by atoms with Crippen molar-refractivity contribution in [2.75, 3.05) is 29.3 Å². The van der Waals surface area contributed by atoms with E-state index in [4.69, 9.17) is 23.2 Å². The number of rotatable bonds is 10. The van der Waals surface area contributed by atoms with Crippen molar-refractivity contribution in [1.82, 2.24) is 19.9 Å². The second-order valence-corrected chi connectivity index (χ2v) is 11.4. The number of nitrogens with zero attached hydrogens (tertiary/aromatic N) is 4. The molecule has 200 valence electrons. The Morgan fingerprint density at radius 3 is 2.63 bits per heavy atom. The van der Waals surface area contributed by atoms with Gasteiger partial charge in [-0.3, -0.25) is 18.5 Å². The fourth-order valence-corrected chi connectivity index (χ4v) is 6.47. The van der Waals surface area contributed by atoms with Gasteiger partial charge in [-0.2, -0.15) is 0 Å². The van der Waals surface area contributed by atoms with Gasteiger partial charge < -0.3 is 15.7 Å². The number of carbonyl (C=O) groups is 2. The van der Waals surface area contributed by atoms with Crippen LogP contribution < -0.4 is 14.9 Å². The van der Waals surface area contributed by atoms with Gasteiger partial charge in [0.25, 0.3) is 0 Å². The summed E-state index contributed by atoms with van der Waals surface area (Å²) in [5, 5.41) is 15.2. The number of carboxylic acids is 1. The molecule has 0 saturated carbocycles. The van der Waals surface area contributed by atoms with Crippen LogP contribution in [0.5, 0.6) is 0 Å². The van der Waals surface area contributed by atoms with E-state index >= 15 is 0 Å². The number of hydrogen-bond acceptors (Lipinski definition) is 7. The predicted octanol–water partition coefficient (Wildman–Crippen LogP) is 3.21. The zero-order chi connectivity index (χ0) is 27.4. The maximum absolute atomic E-state index is 13.5. The maximum atomic E-state index is 13.5. The van der Waals surface area contributed by atoms with Crippen molar-refractivity contribution in [3.8, 4) is 5.82 Å². The second-order valence-electron chi connectivity index (χ2n) is 8.43. The highest BCUT2D eigenvalue weighted by atomic mass is 35.5. The molecule has 1 atom stereocenters. The lowest BCUT2D eigenvalue weighted by molar-refractivity contribution is -0.135. The molecule has 38 heavy (non-hydrogen) atoms. The molecule has 1 aliphatic carbocycles. The fraction of sp³-hybridized carbons (Fsp3) is 0.250. The SMILES string of the molecule is CC(=O)NCCNc1cnc(-n2ccc3cc(N(CC(=O)O)S(=O)(=O)C4C=C(Cl)C=C(Cl)C4)ccc32)cn1. The number of halogens is 2. The summed E-state index contributed by atoms with van der Waals surface area (Å²) in [5.74, 6) is -0.353. The Kier molecular flexibility index (Phi) is 8.24. The number of benzene rings is 1. The quantitative estimate of drug-likeness (QED) is 0.311. The second kappa shape index (κ2) is 11.4. The van der Waals surface area contributed by atoms with Crippen LogP contribution in [0.1, 0.15) is 13.3 Å². The van der Waals surface area contributed by atoms with E-state index in [0.717, 1.165) is 4.31 Å². The number of carboxylic acid groups (broad SMARTS) is 1. The first kappa shape index (κ1) is 27.4. The summed E-state index contributed by atoms with van der Waals surface area (Å²) in [6, 6.07) is 6.59. The fourth-order valence-electron chi connectivity index (χ4n) is 3.94. The minimum Gasteiger partial charge on any atom is -0.480 e. The Bertz CT molecular complexity index is 1540. The monoisotopic (exact) mass is 578 g/mol. The van der Waals surface area contributed by atoms with Crippen LogP contribution in [-0.4, -0.2) is 64.8 Å². The number of amides is 1. The maximum Gasteiger partial charge on any atom is 0.324 e. The molecule has 0 bridgehead atoms. The number of hydrogen-bond donors (Lipinski definition) is 3. The summed E-state index contributed by atoms with van der Waals surface area (Å²) in [7, 11) is -4.16. The first-order valence-electron chi connectivity index (χ1n) is 11.4. The number of carbonyl (C=O) groups excluding carboxylic acids is 1. The van der Waals surface area contributed by atoms with Crippen LogP contribution in [0.3, 0.4) is 0 Å². The summed E-state index contributed by atoms with van der Waals surface area (Å²) in [5.41, 5.74) is 0.909. The van der Waals surface area contributed by atoms with Crippen LogP contribution in [0.25, 0.3) is 16.7 Å². The number of aromatic nitrogens is 3. The lowest BCUT2D eigenvalue weighted by Crippen LogP contribution is -2.41. The van der Waals surface area contributed by atoms with Crippen LogP contribution in [-0.2, 0) is 19.6 Å². The highest BCUT2D eigenvalue weighted by Gasteiger charge is 2.34. The number of allylic oxidation sites excluding steroid dienone is 3. The van der Waals surface area contributed by atoms with Crippen molar-refractivity contribution in [2.45, 2.75) is 18.6 Å². The minimum absolute atomic E-state index is 0.00832. The Morgan fingerprint density at radius 1 is 1.18 bits per heavy atom. The standard InChI is InChI=1S/C24H24Cl2N6O5S/c1-15(33)27-5-6-28-22-12-30-23(13-29-22)31-7-4-16-8-19(2-3-21(16)31)32(14-24(34)35)38(36,37)20-10-17(25)9-18(26)11-20/h2-4,7-10,12-13,20H,5-6,11,14H2,1H3,(H,27,33)(H,28,29)(H,34,35). The normalized spacial score (nSPS) is 15.5. The Balaban J connectivity index is 1.59. The molecular weight excluding hydrogens is 555 g/mol. The molecular formula is C24H24Cl2N6O5S. The number of nitrogens with one attached hydrogen (secondary N) is 2. The summed E-state index contributed by atoms with van der Waals surface area (Å²) in [6.45, 7) is 1.62. The number of fused-ring (bicyclic) bond motifs is 1. The van der Waals surface area contributed by atoms with Crippen LogP contribution in [0.15, 0.2) is 65.1 Å². The Morgan fingerprint density at radius 2 is 1.97 bits per heavy atom.